The highest BCUT2D eigenvalue weighted by molar-refractivity contribution is 5.73. The molecular weight excluding hydrogens is 182 g/mol. The quantitative estimate of drug-likeness (QED) is 0.547. The van der Waals surface area contributed by atoms with E-state index >= 15 is 0 Å². The minimum atomic E-state index is -0.456. The molecule has 0 saturated heterocycles. The van der Waals surface area contributed by atoms with Crippen LogP contribution in [0.4, 0.5) is 5.69 Å². The summed E-state index contributed by atoms with van der Waals surface area (Å²) in [6.07, 6.45) is 0. The van der Waals surface area contributed by atoms with Crippen molar-refractivity contribution in [2.24, 2.45) is 0 Å². The van der Waals surface area contributed by atoms with Crippen LogP contribution in [0.5, 0.6) is 5.75 Å². The van der Waals surface area contributed by atoms with Crippen LogP contribution in [-0.2, 0) is 0 Å². The summed E-state index contributed by atoms with van der Waals surface area (Å²) in [5, 5.41) is 10.8. The van der Waals surface area contributed by atoms with E-state index in [1.54, 1.807) is 25.1 Å². The van der Waals surface area contributed by atoms with Crippen LogP contribution in [0, 0.1) is 10.1 Å². The Kier molecular flexibility index (Phi) is 2.86. The molecule has 74 valence electrons. The molecule has 0 amide bonds. The minimum Gasteiger partial charge on any atom is -0.490 e. The molecule has 0 radical (unpaired) electrons. The second-order valence-corrected chi connectivity index (χ2v) is 2.89. The van der Waals surface area contributed by atoms with Crippen LogP contribution in [0.15, 0.2) is 24.8 Å². The Morgan fingerprint density at radius 3 is 2.64 bits per heavy atom. The number of hydrogen-bond acceptors (Lipinski definition) is 3. The van der Waals surface area contributed by atoms with Gasteiger partial charge in [-0.3, -0.25) is 10.1 Å². The van der Waals surface area contributed by atoms with Crippen LogP contribution in [0.3, 0.4) is 0 Å². The Bertz CT molecular complexity index is 385. The van der Waals surface area contributed by atoms with Gasteiger partial charge in [0.2, 0.25) is 0 Å². The van der Waals surface area contributed by atoms with Gasteiger partial charge in [0.05, 0.1) is 17.6 Å². The van der Waals surface area contributed by atoms with Gasteiger partial charge in [-0.05, 0) is 24.6 Å². The summed E-state index contributed by atoms with van der Waals surface area (Å²) in [7, 11) is 1.41. The van der Waals surface area contributed by atoms with Gasteiger partial charge >= 0.3 is 5.69 Å². The lowest BCUT2D eigenvalue weighted by molar-refractivity contribution is -0.386. The van der Waals surface area contributed by atoms with E-state index in [9.17, 15) is 10.1 Å². The lowest BCUT2D eigenvalue weighted by atomic mass is 10.1. The molecule has 1 rings (SSSR count). The number of para-hydroxylation sites is 1. The number of nitro groups is 1. The van der Waals surface area contributed by atoms with Crippen LogP contribution < -0.4 is 4.74 Å². The van der Waals surface area contributed by atoms with Crippen LogP contribution in [0.2, 0.25) is 0 Å². The van der Waals surface area contributed by atoms with E-state index in [-0.39, 0.29) is 11.4 Å². The standard InChI is InChI=1S/C10H11NO3/c1-7(2)8-5-4-6-9(14-3)10(8)11(12)13/h4-6H,1H2,2-3H3. The second kappa shape index (κ2) is 3.91. The van der Waals surface area contributed by atoms with Gasteiger partial charge < -0.3 is 4.74 Å². The molecule has 1 aromatic carbocycles. The molecule has 4 nitrogen and oxygen atoms in total. The first-order valence-corrected chi connectivity index (χ1v) is 4.05. The van der Waals surface area contributed by atoms with Crippen molar-refractivity contribution < 1.29 is 9.66 Å². The van der Waals surface area contributed by atoms with E-state index in [1.807, 2.05) is 0 Å². The molecule has 1 aromatic rings. The third kappa shape index (κ3) is 1.74. The Balaban J connectivity index is 3.43. The molecule has 0 N–H and O–H groups in total. The summed E-state index contributed by atoms with van der Waals surface area (Å²) in [5.41, 5.74) is 1.13. The molecule has 0 saturated carbocycles. The predicted octanol–water partition coefficient (Wildman–Crippen LogP) is 2.64. The first-order valence-electron chi connectivity index (χ1n) is 4.05. The maximum absolute atomic E-state index is 10.8. The van der Waals surface area contributed by atoms with Crippen LogP contribution in [-0.4, -0.2) is 12.0 Å². The topological polar surface area (TPSA) is 52.4 Å². The Labute approximate surface area is 82.0 Å². The lowest BCUT2D eigenvalue weighted by Gasteiger charge is -2.05. The van der Waals surface area contributed by atoms with Crippen LogP contribution in [0.25, 0.3) is 5.57 Å². The Hall–Kier alpha value is -1.84. The third-order valence-corrected chi connectivity index (χ3v) is 1.86. The lowest BCUT2D eigenvalue weighted by Crippen LogP contribution is -1.97. The van der Waals surface area contributed by atoms with Gasteiger partial charge in [0.1, 0.15) is 0 Å². The molecule has 14 heavy (non-hydrogen) atoms. The number of methoxy groups -OCH3 is 1. The van der Waals surface area contributed by atoms with Crippen LogP contribution in [0.1, 0.15) is 12.5 Å². The first-order chi connectivity index (χ1) is 6.57. The largest absolute Gasteiger partial charge is 0.490 e. The monoisotopic (exact) mass is 193 g/mol. The van der Waals surface area contributed by atoms with Gasteiger partial charge in [0, 0.05) is 0 Å². The number of nitro benzene ring substituents is 1. The molecule has 0 spiro atoms. The van der Waals surface area contributed by atoms with E-state index in [2.05, 4.69) is 6.58 Å². The van der Waals surface area contributed by atoms with Crippen molar-refractivity contribution in [3.05, 3.63) is 40.5 Å². The first kappa shape index (κ1) is 10.2. The van der Waals surface area contributed by atoms with Gasteiger partial charge in [-0.25, -0.2) is 0 Å². The smallest absolute Gasteiger partial charge is 0.318 e. The fourth-order valence-corrected chi connectivity index (χ4v) is 1.22. The SMILES string of the molecule is C=C(C)c1cccc(OC)c1[N+](=O)[O-]. The molecule has 0 unspecified atom stereocenters. The van der Waals surface area contributed by atoms with Crippen molar-refractivity contribution in [1.29, 1.82) is 0 Å². The molecule has 4 heteroatoms. The average molecular weight is 193 g/mol. The number of nitrogens with zero attached hydrogens (tertiary/aromatic N) is 1. The van der Waals surface area contributed by atoms with Crippen molar-refractivity contribution >= 4 is 11.3 Å². The molecule has 0 aliphatic carbocycles. The van der Waals surface area contributed by atoms with Crippen LogP contribution >= 0.6 is 0 Å². The molecule has 0 aliphatic heterocycles. The summed E-state index contributed by atoms with van der Waals surface area (Å²) in [4.78, 5) is 10.3. The fourth-order valence-electron chi connectivity index (χ4n) is 1.22. The molecule has 0 fully saturated rings. The van der Waals surface area contributed by atoms with E-state index in [0.717, 1.165) is 0 Å². The van der Waals surface area contributed by atoms with Crippen molar-refractivity contribution in [1.82, 2.24) is 0 Å². The fraction of sp³-hybridized carbons (Fsp3) is 0.200. The normalized spacial score (nSPS) is 9.57. The van der Waals surface area contributed by atoms with E-state index in [4.69, 9.17) is 4.74 Å². The highest BCUT2D eigenvalue weighted by Gasteiger charge is 2.20. The van der Waals surface area contributed by atoms with E-state index < -0.39 is 4.92 Å². The van der Waals surface area contributed by atoms with Gasteiger partial charge in [0.15, 0.2) is 5.75 Å². The Morgan fingerprint density at radius 2 is 2.21 bits per heavy atom. The summed E-state index contributed by atoms with van der Waals surface area (Å²) in [5.74, 6) is 0.260. The molecule has 0 aliphatic rings. The highest BCUT2D eigenvalue weighted by Crippen LogP contribution is 2.33. The van der Waals surface area contributed by atoms with Crippen molar-refractivity contribution in [2.75, 3.05) is 7.11 Å². The number of rotatable bonds is 3. The third-order valence-electron chi connectivity index (χ3n) is 1.86. The Morgan fingerprint density at radius 1 is 1.57 bits per heavy atom. The number of hydrogen-bond donors (Lipinski definition) is 0. The van der Waals surface area contributed by atoms with Gasteiger partial charge in [0.25, 0.3) is 0 Å². The number of benzene rings is 1. The van der Waals surface area contributed by atoms with E-state index in [0.29, 0.717) is 11.1 Å². The summed E-state index contributed by atoms with van der Waals surface area (Å²) in [6, 6.07) is 4.92. The van der Waals surface area contributed by atoms with Crippen molar-refractivity contribution in [3.8, 4) is 5.75 Å². The second-order valence-electron chi connectivity index (χ2n) is 2.89. The number of allylic oxidation sites excluding steroid dienone is 1. The van der Waals surface area contributed by atoms with E-state index in [1.165, 1.54) is 7.11 Å². The van der Waals surface area contributed by atoms with Gasteiger partial charge in [-0.1, -0.05) is 12.6 Å². The van der Waals surface area contributed by atoms with Gasteiger partial charge in [-0.15, -0.1) is 0 Å². The molecular formula is C10H11NO3. The molecule has 0 atom stereocenters. The van der Waals surface area contributed by atoms with Crippen molar-refractivity contribution in [2.45, 2.75) is 6.92 Å². The molecule has 0 bridgehead atoms. The summed E-state index contributed by atoms with van der Waals surface area (Å²) >= 11 is 0. The summed E-state index contributed by atoms with van der Waals surface area (Å²) < 4.78 is 4.91. The maximum Gasteiger partial charge on any atom is 0.318 e. The molecule has 0 aromatic heterocycles. The minimum absolute atomic E-state index is 0.0255. The zero-order valence-corrected chi connectivity index (χ0v) is 8.11. The van der Waals surface area contributed by atoms with Gasteiger partial charge in [-0.2, -0.15) is 0 Å². The zero-order chi connectivity index (χ0) is 10.7. The highest BCUT2D eigenvalue weighted by atomic mass is 16.6. The summed E-state index contributed by atoms with van der Waals surface area (Å²) in [6.45, 7) is 5.41. The average Bonchev–Trinajstić information content (AvgIpc) is 2.16. The zero-order valence-electron chi connectivity index (χ0n) is 8.11. The van der Waals surface area contributed by atoms with Crippen molar-refractivity contribution in [3.63, 3.8) is 0 Å². The molecule has 0 heterocycles. The number of ether oxygens (including phenoxy) is 1. The maximum atomic E-state index is 10.8. The predicted molar refractivity (Wildman–Crippen MR) is 54.4 cm³/mol.